The van der Waals surface area contributed by atoms with Crippen molar-refractivity contribution in [2.45, 2.75) is 18.9 Å². The van der Waals surface area contributed by atoms with Gasteiger partial charge in [-0.25, -0.2) is 0 Å². The van der Waals surface area contributed by atoms with E-state index in [1.807, 2.05) is 6.08 Å². The molecule has 1 heterocycles. The number of hydrogen-bond acceptors (Lipinski definition) is 2. The minimum absolute atomic E-state index is 0.611. The molecule has 0 radical (unpaired) electrons. The Hall–Kier alpha value is -0.340. The first-order valence-electron chi connectivity index (χ1n) is 3.98. The first kappa shape index (κ1) is 7.76. The van der Waals surface area contributed by atoms with Crippen LogP contribution in [0.25, 0.3) is 0 Å². The van der Waals surface area contributed by atoms with E-state index in [4.69, 9.17) is 0 Å². The molecule has 1 atom stereocenters. The van der Waals surface area contributed by atoms with Crippen LogP contribution < -0.4 is 10.6 Å². The van der Waals surface area contributed by atoms with Gasteiger partial charge in [0.2, 0.25) is 0 Å². The molecule has 1 aliphatic heterocycles. The highest BCUT2D eigenvalue weighted by atomic mass is 15.1. The Balaban J connectivity index is 2.21. The van der Waals surface area contributed by atoms with Gasteiger partial charge < -0.3 is 10.6 Å². The zero-order chi connectivity index (χ0) is 7.23. The zero-order valence-corrected chi connectivity index (χ0v) is 6.40. The van der Waals surface area contributed by atoms with Crippen LogP contribution in [0.5, 0.6) is 0 Å². The normalized spacial score (nSPS) is 27.4. The summed E-state index contributed by atoms with van der Waals surface area (Å²) in [6.07, 6.45) is 4.30. The summed E-state index contributed by atoms with van der Waals surface area (Å²) in [6, 6.07) is 0.611. The highest BCUT2D eigenvalue weighted by Gasteiger charge is 2.07. The molecule has 2 N–H and O–H groups in total. The van der Waals surface area contributed by atoms with E-state index in [2.05, 4.69) is 17.2 Å². The van der Waals surface area contributed by atoms with Crippen LogP contribution in [0, 0.1) is 0 Å². The van der Waals surface area contributed by atoms with Gasteiger partial charge in [-0.3, -0.25) is 0 Å². The highest BCUT2D eigenvalue weighted by Crippen LogP contribution is 1.94. The van der Waals surface area contributed by atoms with E-state index < -0.39 is 0 Å². The molecule has 2 heteroatoms. The lowest BCUT2D eigenvalue weighted by Gasteiger charge is -2.12. The van der Waals surface area contributed by atoms with Gasteiger partial charge in [0.05, 0.1) is 0 Å². The molecular formula is C8H16N2. The lowest BCUT2D eigenvalue weighted by atomic mass is 10.3. The van der Waals surface area contributed by atoms with Crippen molar-refractivity contribution in [3.8, 4) is 0 Å². The largest absolute Gasteiger partial charge is 0.315 e. The monoisotopic (exact) mass is 141 g/mol. The molecular weight excluding hydrogens is 125 g/mol. The Labute approximate surface area is 62.7 Å². The zero-order valence-electron chi connectivity index (χ0n) is 6.40. The summed E-state index contributed by atoms with van der Waals surface area (Å²) in [4.78, 5) is 0. The Morgan fingerprint density at radius 3 is 3.20 bits per heavy atom. The molecule has 1 aliphatic rings. The average molecular weight is 141 g/mol. The standard InChI is InChI=1S/C8H16N2/c1-2-4-8-7-9-5-3-6-10-8/h2,8-10H,1,3-7H2/i7+1. The molecule has 0 bridgehead atoms. The predicted molar refractivity (Wildman–Crippen MR) is 44.1 cm³/mol. The Morgan fingerprint density at radius 2 is 2.40 bits per heavy atom. The van der Waals surface area contributed by atoms with Gasteiger partial charge >= 0.3 is 0 Å². The van der Waals surface area contributed by atoms with Gasteiger partial charge in [0.1, 0.15) is 0 Å². The van der Waals surface area contributed by atoms with Crippen LogP contribution in [-0.4, -0.2) is 25.7 Å². The van der Waals surface area contributed by atoms with Crippen LogP contribution in [0.1, 0.15) is 12.8 Å². The maximum Gasteiger partial charge on any atom is 0.0226 e. The molecule has 0 aromatic rings. The molecule has 0 saturated carbocycles. The topological polar surface area (TPSA) is 24.1 Å². The lowest BCUT2D eigenvalue weighted by molar-refractivity contribution is 0.533. The van der Waals surface area contributed by atoms with Crippen molar-refractivity contribution in [3.05, 3.63) is 12.7 Å². The molecule has 0 aromatic carbocycles. The van der Waals surface area contributed by atoms with Crippen molar-refractivity contribution in [2.75, 3.05) is 19.6 Å². The molecule has 1 saturated heterocycles. The summed E-state index contributed by atoms with van der Waals surface area (Å²) in [5.74, 6) is 0. The fraction of sp³-hybridized carbons (Fsp3) is 0.750. The molecule has 2 nitrogen and oxygen atoms in total. The molecule has 1 unspecified atom stereocenters. The summed E-state index contributed by atoms with van der Waals surface area (Å²) in [5.41, 5.74) is 0. The van der Waals surface area contributed by atoms with Crippen molar-refractivity contribution in [2.24, 2.45) is 0 Å². The molecule has 0 aliphatic carbocycles. The van der Waals surface area contributed by atoms with Crippen molar-refractivity contribution in [1.82, 2.24) is 10.6 Å². The maximum absolute atomic E-state index is 3.72. The maximum atomic E-state index is 3.72. The van der Waals surface area contributed by atoms with E-state index in [-0.39, 0.29) is 0 Å². The minimum Gasteiger partial charge on any atom is -0.315 e. The second kappa shape index (κ2) is 4.47. The van der Waals surface area contributed by atoms with E-state index in [1.54, 1.807) is 0 Å². The second-order valence-electron chi connectivity index (χ2n) is 2.73. The molecule has 0 amide bonds. The van der Waals surface area contributed by atoms with Gasteiger partial charge in [-0.15, -0.1) is 6.58 Å². The summed E-state index contributed by atoms with van der Waals surface area (Å²) < 4.78 is 0. The van der Waals surface area contributed by atoms with Gasteiger partial charge in [0.25, 0.3) is 0 Å². The second-order valence-corrected chi connectivity index (χ2v) is 2.73. The third kappa shape index (κ3) is 2.50. The fourth-order valence-electron chi connectivity index (χ4n) is 1.24. The Morgan fingerprint density at radius 1 is 1.50 bits per heavy atom. The summed E-state index contributed by atoms with van der Waals surface area (Å²) in [5, 5.41) is 6.82. The smallest absolute Gasteiger partial charge is 0.0226 e. The van der Waals surface area contributed by atoms with Gasteiger partial charge in [0, 0.05) is 12.6 Å². The van der Waals surface area contributed by atoms with Gasteiger partial charge in [-0.2, -0.15) is 0 Å². The third-order valence-corrected chi connectivity index (χ3v) is 1.81. The predicted octanol–water partition coefficient (Wildman–Crippen LogP) is 0.514. The van der Waals surface area contributed by atoms with E-state index in [0.717, 1.165) is 26.1 Å². The van der Waals surface area contributed by atoms with E-state index >= 15 is 0 Å². The Kier molecular flexibility index (Phi) is 3.47. The number of rotatable bonds is 2. The molecule has 58 valence electrons. The van der Waals surface area contributed by atoms with Crippen molar-refractivity contribution in [3.63, 3.8) is 0 Å². The van der Waals surface area contributed by atoms with Crippen molar-refractivity contribution in [1.29, 1.82) is 0 Å². The fourth-order valence-corrected chi connectivity index (χ4v) is 1.24. The van der Waals surface area contributed by atoms with Crippen molar-refractivity contribution < 1.29 is 0 Å². The van der Waals surface area contributed by atoms with E-state index in [1.165, 1.54) is 6.42 Å². The SMILES string of the molecule is C=CCC1[13CH2]NCCCN1. The number of nitrogens with one attached hydrogen (secondary N) is 2. The minimum atomic E-state index is 0.611. The van der Waals surface area contributed by atoms with Gasteiger partial charge in [-0.05, 0) is 25.9 Å². The van der Waals surface area contributed by atoms with Crippen LogP contribution in [-0.2, 0) is 0 Å². The van der Waals surface area contributed by atoms with Crippen LogP contribution in [0.15, 0.2) is 12.7 Å². The first-order valence-corrected chi connectivity index (χ1v) is 3.98. The van der Waals surface area contributed by atoms with Crippen LogP contribution >= 0.6 is 0 Å². The summed E-state index contributed by atoms with van der Waals surface area (Å²) >= 11 is 0. The highest BCUT2D eigenvalue weighted by molar-refractivity contribution is 4.81. The molecule has 0 aromatic heterocycles. The van der Waals surface area contributed by atoms with Crippen LogP contribution in [0.4, 0.5) is 0 Å². The molecule has 10 heavy (non-hydrogen) atoms. The number of hydrogen-bond donors (Lipinski definition) is 2. The first-order chi connectivity index (χ1) is 4.93. The Bertz CT molecular complexity index is 93.4. The van der Waals surface area contributed by atoms with Crippen molar-refractivity contribution >= 4 is 0 Å². The van der Waals surface area contributed by atoms with Gasteiger partial charge in [0.15, 0.2) is 0 Å². The van der Waals surface area contributed by atoms with Crippen LogP contribution in [0.3, 0.4) is 0 Å². The quantitative estimate of drug-likeness (QED) is 0.432. The molecule has 1 fully saturated rings. The third-order valence-electron chi connectivity index (χ3n) is 1.81. The average Bonchev–Trinajstić information content (AvgIpc) is 2.17. The lowest BCUT2D eigenvalue weighted by Crippen LogP contribution is -2.34. The van der Waals surface area contributed by atoms with Gasteiger partial charge in [-0.1, -0.05) is 6.08 Å². The molecule has 1 rings (SSSR count). The van der Waals surface area contributed by atoms with E-state index in [0.29, 0.717) is 6.04 Å². The van der Waals surface area contributed by atoms with E-state index in [9.17, 15) is 0 Å². The van der Waals surface area contributed by atoms with Crippen LogP contribution in [0.2, 0.25) is 0 Å². The summed E-state index contributed by atoms with van der Waals surface area (Å²) in [7, 11) is 0. The summed E-state index contributed by atoms with van der Waals surface area (Å²) in [6.45, 7) is 7.10. The molecule has 0 spiro atoms.